The SMILES string of the molecule is CC(CC(=O)O)c1ccccc1Cl. The first kappa shape index (κ1) is 10.1. The fraction of sp³-hybridized carbons (Fsp3) is 0.300. The molecule has 0 spiro atoms. The molecule has 1 aromatic rings. The van der Waals surface area contributed by atoms with Crippen LogP contribution in [-0.2, 0) is 4.79 Å². The van der Waals surface area contributed by atoms with E-state index in [1.54, 1.807) is 6.07 Å². The molecule has 0 saturated heterocycles. The second-order valence-electron chi connectivity index (χ2n) is 3.02. The molecule has 1 N–H and O–H groups in total. The van der Waals surface area contributed by atoms with Crippen molar-refractivity contribution in [1.82, 2.24) is 0 Å². The van der Waals surface area contributed by atoms with Crippen LogP contribution in [0.2, 0.25) is 5.02 Å². The lowest BCUT2D eigenvalue weighted by atomic mass is 9.98. The Morgan fingerprint density at radius 1 is 1.54 bits per heavy atom. The van der Waals surface area contributed by atoms with E-state index in [4.69, 9.17) is 16.7 Å². The Balaban J connectivity index is 2.82. The van der Waals surface area contributed by atoms with Gasteiger partial charge < -0.3 is 5.11 Å². The van der Waals surface area contributed by atoms with Crippen molar-refractivity contribution in [3.05, 3.63) is 34.9 Å². The lowest BCUT2D eigenvalue weighted by molar-refractivity contribution is -0.137. The predicted molar refractivity (Wildman–Crippen MR) is 52.1 cm³/mol. The van der Waals surface area contributed by atoms with Gasteiger partial charge >= 0.3 is 5.97 Å². The normalized spacial score (nSPS) is 12.5. The topological polar surface area (TPSA) is 37.3 Å². The quantitative estimate of drug-likeness (QED) is 0.811. The van der Waals surface area contributed by atoms with E-state index in [1.165, 1.54) is 0 Å². The van der Waals surface area contributed by atoms with Crippen LogP contribution < -0.4 is 0 Å². The molecule has 0 saturated carbocycles. The van der Waals surface area contributed by atoms with E-state index in [0.717, 1.165) is 5.56 Å². The zero-order chi connectivity index (χ0) is 9.84. The highest BCUT2D eigenvalue weighted by Gasteiger charge is 2.12. The number of halogens is 1. The van der Waals surface area contributed by atoms with Crippen molar-refractivity contribution in [3.63, 3.8) is 0 Å². The maximum atomic E-state index is 10.5. The number of benzene rings is 1. The molecular formula is C10H11ClO2. The summed E-state index contributed by atoms with van der Waals surface area (Å²) in [7, 11) is 0. The van der Waals surface area contributed by atoms with E-state index < -0.39 is 5.97 Å². The van der Waals surface area contributed by atoms with Crippen molar-refractivity contribution in [3.8, 4) is 0 Å². The molecule has 0 radical (unpaired) electrons. The van der Waals surface area contributed by atoms with Crippen LogP contribution in [0.5, 0.6) is 0 Å². The second kappa shape index (κ2) is 4.28. The van der Waals surface area contributed by atoms with Crippen molar-refractivity contribution in [1.29, 1.82) is 0 Å². The van der Waals surface area contributed by atoms with Gasteiger partial charge in [-0.15, -0.1) is 0 Å². The van der Waals surface area contributed by atoms with Gasteiger partial charge in [0.1, 0.15) is 0 Å². The monoisotopic (exact) mass is 198 g/mol. The average molecular weight is 199 g/mol. The van der Waals surface area contributed by atoms with Crippen LogP contribution >= 0.6 is 11.6 Å². The van der Waals surface area contributed by atoms with Crippen LogP contribution in [0.15, 0.2) is 24.3 Å². The van der Waals surface area contributed by atoms with Gasteiger partial charge in [0.05, 0.1) is 6.42 Å². The van der Waals surface area contributed by atoms with Crippen LogP contribution in [0.4, 0.5) is 0 Å². The van der Waals surface area contributed by atoms with Crippen LogP contribution in [-0.4, -0.2) is 11.1 Å². The van der Waals surface area contributed by atoms with E-state index in [-0.39, 0.29) is 12.3 Å². The minimum absolute atomic E-state index is 0.0359. The lowest BCUT2D eigenvalue weighted by Gasteiger charge is -2.10. The number of carboxylic acids is 1. The third-order valence-corrected chi connectivity index (χ3v) is 2.26. The predicted octanol–water partition coefficient (Wildman–Crippen LogP) is 2.92. The molecule has 0 aromatic heterocycles. The Labute approximate surface area is 82.2 Å². The van der Waals surface area contributed by atoms with Crippen LogP contribution in [0.1, 0.15) is 24.8 Å². The van der Waals surface area contributed by atoms with E-state index in [9.17, 15) is 4.79 Å². The molecule has 2 nitrogen and oxygen atoms in total. The maximum Gasteiger partial charge on any atom is 0.303 e. The number of hydrogen-bond donors (Lipinski definition) is 1. The van der Waals surface area contributed by atoms with Gasteiger partial charge in [0.25, 0.3) is 0 Å². The molecule has 1 unspecified atom stereocenters. The number of aliphatic carboxylic acids is 1. The van der Waals surface area contributed by atoms with Crippen molar-refractivity contribution in [2.75, 3.05) is 0 Å². The minimum Gasteiger partial charge on any atom is -0.481 e. The van der Waals surface area contributed by atoms with Crippen LogP contribution in [0.25, 0.3) is 0 Å². The standard InChI is InChI=1S/C10H11ClO2/c1-7(6-10(12)13)8-4-2-3-5-9(8)11/h2-5,7H,6H2,1H3,(H,12,13). The zero-order valence-corrected chi connectivity index (χ0v) is 8.08. The van der Waals surface area contributed by atoms with Gasteiger partial charge in [-0.05, 0) is 17.5 Å². The highest BCUT2D eigenvalue weighted by molar-refractivity contribution is 6.31. The fourth-order valence-electron chi connectivity index (χ4n) is 1.25. The first-order valence-electron chi connectivity index (χ1n) is 4.07. The summed E-state index contributed by atoms with van der Waals surface area (Å²) in [6.07, 6.45) is 0.115. The van der Waals surface area contributed by atoms with Gasteiger partial charge in [-0.1, -0.05) is 36.7 Å². The van der Waals surface area contributed by atoms with Gasteiger partial charge in [0.15, 0.2) is 0 Å². The Morgan fingerprint density at radius 2 is 2.15 bits per heavy atom. The fourth-order valence-corrected chi connectivity index (χ4v) is 1.57. The molecule has 1 atom stereocenters. The summed E-state index contributed by atoms with van der Waals surface area (Å²) >= 11 is 5.91. The summed E-state index contributed by atoms with van der Waals surface area (Å²) in [6, 6.07) is 7.32. The van der Waals surface area contributed by atoms with Crippen LogP contribution in [0.3, 0.4) is 0 Å². The minimum atomic E-state index is -0.799. The van der Waals surface area contributed by atoms with Gasteiger partial charge in [-0.2, -0.15) is 0 Å². The van der Waals surface area contributed by atoms with E-state index in [1.807, 2.05) is 25.1 Å². The maximum absolute atomic E-state index is 10.5. The number of carboxylic acid groups (broad SMARTS) is 1. The van der Waals surface area contributed by atoms with Crippen LogP contribution in [0, 0.1) is 0 Å². The summed E-state index contributed by atoms with van der Waals surface area (Å²) in [4.78, 5) is 10.5. The Morgan fingerprint density at radius 3 is 2.69 bits per heavy atom. The Hall–Kier alpha value is -1.02. The summed E-state index contributed by atoms with van der Waals surface area (Å²) in [5.74, 6) is -0.835. The van der Waals surface area contributed by atoms with Crippen molar-refractivity contribution < 1.29 is 9.90 Å². The first-order chi connectivity index (χ1) is 6.11. The third kappa shape index (κ3) is 2.74. The van der Waals surface area contributed by atoms with Gasteiger partial charge in [0.2, 0.25) is 0 Å². The van der Waals surface area contributed by atoms with Gasteiger partial charge in [-0.3, -0.25) is 4.79 Å². The molecule has 3 heteroatoms. The first-order valence-corrected chi connectivity index (χ1v) is 4.45. The molecule has 0 aliphatic heterocycles. The average Bonchev–Trinajstić information content (AvgIpc) is 2.03. The molecule has 0 bridgehead atoms. The molecule has 0 fully saturated rings. The lowest BCUT2D eigenvalue weighted by Crippen LogP contribution is -2.03. The molecule has 70 valence electrons. The Kier molecular flexibility index (Phi) is 3.32. The molecule has 13 heavy (non-hydrogen) atoms. The Bertz CT molecular complexity index is 310. The molecule has 1 aromatic carbocycles. The molecule has 0 aliphatic rings. The van der Waals surface area contributed by atoms with Crippen molar-refractivity contribution in [2.45, 2.75) is 19.3 Å². The summed E-state index contributed by atoms with van der Waals surface area (Å²) < 4.78 is 0. The molecule has 0 aliphatic carbocycles. The smallest absolute Gasteiger partial charge is 0.303 e. The molecular weight excluding hydrogens is 188 g/mol. The second-order valence-corrected chi connectivity index (χ2v) is 3.43. The third-order valence-electron chi connectivity index (χ3n) is 1.92. The largest absolute Gasteiger partial charge is 0.481 e. The van der Waals surface area contributed by atoms with E-state index in [0.29, 0.717) is 5.02 Å². The summed E-state index contributed by atoms with van der Waals surface area (Å²) in [6.45, 7) is 1.86. The summed E-state index contributed by atoms with van der Waals surface area (Å²) in [5, 5.41) is 9.23. The highest BCUT2D eigenvalue weighted by Crippen LogP contribution is 2.26. The highest BCUT2D eigenvalue weighted by atomic mass is 35.5. The molecule has 0 heterocycles. The van der Waals surface area contributed by atoms with Crippen molar-refractivity contribution in [2.24, 2.45) is 0 Å². The number of hydrogen-bond acceptors (Lipinski definition) is 1. The molecule has 1 rings (SSSR count). The number of rotatable bonds is 3. The molecule has 0 amide bonds. The summed E-state index contributed by atoms with van der Waals surface area (Å²) in [5.41, 5.74) is 0.895. The van der Waals surface area contributed by atoms with Crippen molar-refractivity contribution >= 4 is 17.6 Å². The van der Waals surface area contributed by atoms with Gasteiger partial charge in [0, 0.05) is 5.02 Å². The van der Waals surface area contributed by atoms with E-state index >= 15 is 0 Å². The number of carbonyl (C=O) groups is 1. The van der Waals surface area contributed by atoms with Gasteiger partial charge in [-0.25, -0.2) is 0 Å². The zero-order valence-electron chi connectivity index (χ0n) is 7.33. The van der Waals surface area contributed by atoms with E-state index in [2.05, 4.69) is 0 Å².